The van der Waals surface area contributed by atoms with E-state index in [4.69, 9.17) is 39.2 Å². The van der Waals surface area contributed by atoms with E-state index in [2.05, 4.69) is 224 Å². The topological polar surface area (TPSA) is 83.1 Å². The average Bonchev–Trinajstić information content (AvgIpc) is 3.21. The predicted octanol–water partition coefficient (Wildman–Crippen LogP) is 20.4. The number of rotatable bonds is 28. The fourth-order valence-electron chi connectivity index (χ4n) is 9.36. The van der Waals surface area contributed by atoms with Crippen molar-refractivity contribution in [3.8, 4) is 0 Å². The number of hydrogen-bond donors (Lipinski definition) is 0. The summed E-state index contributed by atoms with van der Waals surface area (Å²) in [7, 11) is -13.7. The standard InChI is InChI=1S/C22H66O2Si10.C7H17O3Si.C7H17O2Si.C6H18OSi2.C6H14O.C3H8.2CH4.2CH3.3Rf.2W/c1-25(2,3)23-27(7,8)29(11,12)31(15,16)33(19,20)34(21,22)32(17,18)30(13,14)28(9,10)24-26(4,5)6;1-5-6-7-11(8-2,9-3)10-4;1-5-6-7-10(4,8-2)9-3;1-8(2,3)7-9(4,5)6;1-3-5-6-7-4-2;1-3-2;;;;;;;;;/h1-22H3;1,5-7H2,2-4H3;1,5-7H2,2-4H3;1-6H3;3-6H2,1-2H3;3H2,1-2H3;2*1H4;2*1H3;;;;;/q;2*-1;;;;;;2*-1;;;;;. The molecule has 0 bridgehead atoms. The zero-order valence-corrected chi connectivity index (χ0v) is 102. The molecular weight excluding hydrogens is 2370 g/mol. The predicted molar refractivity (Wildman–Crippen MR) is 401 cm³/mol. The van der Waals surface area contributed by atoms with Gasteiger partial charge in [-0.3, -0.25) is 0 Å². The first-order chi connectivity index (χ1) is 32.6. The maximum Gasteiger partial charge on any atom is 0.500 e. The minimum atomic E-state index is -2.28. The molecule has 0 aromatic heterocycles. The second-order valence-electron chi connectivity index (χ2n) is 28.5. The van der Waals surface area contributed by atoms with E-state index < -0.39 is 109 Å². The van der Waals surface area contributed by atoms with Crippen molar-refractivity contribution < 1.29 is 81.3 Å². The van der Waals surface area contributed by atoms with Gasteiger partial charge in [-0.25, -0.2) is 0 Å². The minimum absolute atomic E-state index is 0. The Hall–Kier alpha value is 1.05. The normalized spacial score (nSPS) is 12.4. The van der Waals surface area contributed by atoms with Crippen LogP contribution in [0.5, 0.6) is 0 Å². The Morgan fingerprint density at radius 2 is 0.566 bits per heavy atom. The van der Waals surface area contributed by atoms with Crippen LogP contribution >= 0.6 is 0 Å². The number of ether oxygens (including phenoxy) is 1. The molecule has 0 saturated heterocycles. The maximum atomic E-state index is 7.17. The molecule has 0 aliphatic heterocycles. The Morgan fingerprint density at radius 3 is 0.735 bits per heavy atom. The SMILES string of the molecule is C.C.CCC.CCCCOCC.C[Si](C)(C)O[Si](C)(C)C.C[Si](C)(C)O[Si](C)(C)[Si](C)(C)[Si](C)(C)[Si](C)(C)[Si](C)(C)[Si](C)(C)[Si](C)(C)[Si](C)(C)O[Si](C)(C)C.[CH2-]CCC[Si](C)(OC)OC.[CH2-]CCC[Si](OC)(OC)OC.[CH3-].[CH3-].[Rf].[Rf].[Rf].[W].[W]. The van der Waals surface area contributed by atoms with Crippen molar-refractivity contribution in [3.05, 3.63) is 28.7 Å². The van der Waals surface area contributed by atoms with Gasteiger partial charge >= 0.3 is 17.4 Å². The van der Waals surface area contributed by atoms with Crippen LogP contribution in [0.2, 0.25) is 202 Å². The van der Waals surface area contributed by atoms with Crippen LogP contribution in [0, 0.1) is 28.7 Å². The van der Waals surface area contributed by atoms with Crippen LogP contribution in [0.1, 0.15) is 87.5 Å². The molecule has 0 N–H and O–H groups in total. The largest absolute Gasteiger partial charge is 0.500 e. The van der Waals surface area contributed by atoms with Crippen LogP contribution in [0.3, 0.4) is 0 Å². The van der Waals surface area contributed by atoms with Crippen molar-refractivity contribution in [2.75, 3.05) is 48.8 Å². The van der Waals surface area contributed by atoms with Gasteiger partial charge in [0.2, 0.25) is 0 Å². The number of hydrogen-bond acceptors (Lipinski definition) is 9. The van der Waals surface area contributed by atoms with E-state index in [1.54, 1.807) is 35.5 Å². The van der Waals surface area contributed by atoms with Crippen LogP contribution in [0.15, 0.2) is 0 Å². The van der Waals surface area contributed by atoms with Gasteiger partial charge in [-0.1, -0.05) is 140 Å². The number of unbranched alkanes of at least 4 members (excludes halogenated alkanes) is 3. The van der Waals surface area contributed by atoms with Gasteiger partial charge in [-0.2, -0.15) is 12.8 Å². The molecule has 0 aliphatic carbocycles. The van der Waals surface area contributed by atoms with E-state index in [1.165, 1.54) is 19.3 Å². The van der Waals surface area contributed by atoms with Crippen LogP contribution in [-0.4, -0.2) is 158 Å². The van der Waals surface area contributed by atoms with Gasteiger partial charge in [0.15, 0.2) is 48.9 Å². The molecule has 0 radical (unpaired) electrons. The summed E-state index contributed by atoms with van der Waals surface area (Å²) in [6.45, 7) is 92.4. The smallest absolute Gasteiger partial charge is 0.458 e. The van der Waals surface area contributed by atoms with Gasteiger partial charge in [0.1, 0.15) is 0 Å². The van der Waals surface area contributed by atoms with Gasteiger partial charge < -0.3 is 67.9 Å². The van der Waals surface area contributed by atoms with Crippen molar-refractivity contribution in [2.45, 2.75) is 289 Å². The van der Waals surface area contributed by atoms with Crippen LogP contribution in [-0.2, 0) is 81.3 Å². The molecule has 0 amide bonds. The molecule has 9 nitrogen and oxygen atoms in total. The van der Waals surface area contributed by atoms with Crippen molar-refractivity contribution in [1.29, 1.82) is 0 Å². The van der Waals surface area contributed by atoms with Crippen molar-refractivity contribution in [1.82, 2.24) is 0 Å². The molecule has 0 aromatic carbocycles. The third-order valence-electron chi connectivity index (χ3n) is 16.8. The first kappa shape index (κ1) is 122. The van der Waals surface area contributed by atoms with Gasteiger partial charge in [-0.05, 0) is 131 Å². The summed E-state index contributed by atoms with van der Waals surface area (Å²) in [5, 5.41) is 0. The van der Waals surface area contributed by atoms with E-state index in [-0.39, 0.29) is 71.8 Å². The van der Waals surface area contributed by atoms with Crippen LogP contribution < -0.4 is 0 Å². The second-order valence-corrected chi connectivity index (χ2v) is 141. The van der Waals surface area contributed by atoms with Crippen molar-refractivity contribution in [3.63, 3.8) is 0 Å². The summed E-state index contributed by atoms with van der Waals surface area (Å²) in [4.78, 5) is 0. The van der Waals surface area contributed by atoms with E-state index in [9.17, 15) is 0 Å². The molecule has 0 spiro atoms. The third kappa shape index (κ3) is 44.2. The average molecular weight is 2520 g/mol. The third-order valence-corrected chi connectivity index (χ3v) is 203. The molecule has 506 valence electrons. The van der Waals surface area contributed by atoms with Crippen LogP contribution in [0.25, 0.3) is 0 Å². The summed E-state index contributed by atoms with van der Waals surface area (Å²) in [5.74, 6) is 0. The quantitative estimate of drug-likeness (QED) is 0.0432. The van der Waals surface area contributed by atoms with E-state index in [1.807, 2.05) is 6.92 Å². The van der Waals surface area contributed by atoms with Crippen molar-refractivity contribution >= 4 is 109 Å². The molecule has 0 saturated carbocycles. The molecule has 28 heteroatoms. The van der Waals surface area contributed by atoms with E-state index in [0.717, 1.165) is 51.0 Å². The molecule has 0 unspecified atom stereocenters. The monoisotopic (exact) mass is 2520 g/mol. The van der Waals surface area contributed by atoms with Gasteiger partial charge in [0, 0.05) is 125 Å². The molecular formula is C55H154O9Rf3Si14W2-4. The van der Waals surface area contributed by atoms with Crippen molar-refractivity contribution in [2.24, 2.45) is 0 Å². The summed E-state index contributed by atoms with van der Waals surface area (Å²) in [6, 6.07) is 1.89. The zero-order chi connectivity index (χ0) is 61.1. The Kier molecular flexibility index (Phi) is 74.2. The van der Waals surface area contributed by atoms with Crippen LogP contribution in [0.4, 0.5) is 0 Å². The van der Waals surface area contributed by atoms with E-state index >= 15 is 0 Å². The Labute approximate surface area is 552 Å². The second kappa shape index (κ2) is 50.7. The van der Waals surface area contributed by atoms with E-state index in [0.29, 0.717) is 0 Å². The van der Waals surface area contributed by atoms with Gasteiger partial charge in [-0.15, -0.1) is 0 Å². The summed E-state index contributed by atoms with van der Waals surface area (Å²) < 4.78 is 51.5. The summed E-state index contributed by atoms with van der Waals surface area (Å²) in [5.41, 5.74) is 0. The Balaban J connectivity index is -0.0000000600. The molecule has 0 atom stereocenters. The fourth-order valence-corrected chi connectivity index (χ4v) is 265. The summed E-state index contributed by atoms with van der Waals surface area (Å²) >= 11 is 0. The molecule has 0 aromatic rings. The molecule has 0 aliphatic rings. The first-order valence-electron chi connectivity index (χ1n) is 28.6. The zero-order valence-electron chi connectivity index (χ0n) is 62.8. The Bertz CT molecular complexity index is 1350. The summed E-state index contributed by atoms with van der Waals surface area (Å²) in [6.07, 6.45) is 7.64. The first-order valence-corrected chi connectivity index (χ1v) is 77.6. The van der Waals surface area contributed by atoms with Gasteiger partial charge in [0.25, 0.3) is 0 Å². The molecule has 83 heavy (non-hydrogen) atoms. The Morgan fingerprint density at radius 1 is 0.337 bits per heavy atom. The minimum Gasteiger partial charge on any atom is -0.458 e. The van der Waals surface area contributed by atoms with Gasteiger partial charge in [0.05, 0.1) is 14.2 Å². The molecule has 0 rings (SSSR count). The molecule has 0 heterocycles. The fraction of sp³-hybridized carbons (Fsp3) is 0.927. The molecule has 0 fully saturated rings. The maximum absolute atomic E-state index is 7.17.